The summed E-state index contributed by atoms with van der Waals surface area (Å²) >= 11 is 0. The highest BCUT2D eigenvalue weighted by molar-refractivity contribution is 6.12. The molecule has 2 aromatic carbocycles. The number of aliphatic imine (C=N–C) groups is 1. The van der Waals surface area contributed by atoms with Crippen LogP contribution in [-0.4, -0.2) is 18.5 Å². The number of ether oxygens (including phenoxy) is 2. The molecule has 0 saturated heterocycles. The number of carbonyl (C=O) groups is 1. The van der Waals surface area contributed by atoms with Gasteiger partial charge >= 0.3 is 12.6 Å². The lowest BCUT2D eigenvalue weighted by Gasteiger charge is -2.07. The zero-order valence-electron chi connectivity index (χ0n) is 12.1. The molecule has 0 spiro atoms. The third kappa shape index (κ3) is 3.45. The van der Waals surface area contributed by atoms with Crippen molar-refractivity contribution in [1.82, 2.24) is 0 Å². The average molecular weight is 333 g/mol. The molecule has 0 aliphatic carbocycles. The van der Waals surface area contributed by atoms with Gasteiger partial charge in [-0.15, -0.1) is 0 Å². The Kier molecular flexibility index (Phi) is 4.33. The van der Waals surface area contributed by atoms with Gasteiger partial charge in [-0.05, 0) is 30.3 Å². The number of esters is 1. The van der Waals surface area contributed by atoms with Crippen LogP contribution in [0.5, 0.6) is 5.75 Å². The van der Waals surface area contributed by atoms with Crippen molar-refractivity contribution in [2.24, 2.45) is 4.99 Å². The minimum Gasteiger partial charge on any atom is -0.434 e. The van der Waals surface area contributed by atoms with Crippen LogP contribution in [0.15, 0.2) is 59.2 Å². The summed E-state index contributed by atoms with van der Waals surface area (Å²) in [6, 6.07) is 11.4. The second-order valence-electron chi connectivity index (χ2n) is 4.76. The predicted octanol–water partition coefficient (Wildman–Crippen LogP) is 3.77. The van der Waals surface area contributed by atoms with Gasteiger partial charge in [0, 0.05) is 11.1 Å². The average Bonchev–Trinajstić information content (AvgIpc) is 2.90. The van der Waals surface area contributed by atoms with Crippen LogP contribution in [0.2, 0.25) is 0 Å². The fourth-order valence-corrected chi connectivity index (χ4v) is 2.10. The lowest BCUT2D eigenvalue weighted by molar-refractivity contribution is -0.129. The van der Waals surface area contributed by atoms with E-state index in [1.54, 1.807) is 6.07 Å². The van der Waals surface area contributed by atoms with Crippen LogP contribution < -0.4 is 4.74 Å². The molecule has 3 rings (SSSR count). The Morgan fingerprint density at radius 2 is 1.92 bits per heavy atom. The number of carbonyl (C=O) groups excluding carboxylic acids is 1. The fraction of sp³-hybridized carbons (Fsp3) is 0.0588. The standard InChI is InChI=1S/C17H10F3NO3/c18-12-6-3-5-11(8-12)15-21-13(16(22)24-15)9-10-4-1-2-7-14(10)23-17(19)20/h1-9,17H. The summed E-state index contributed by atoms with van der Waals surface area (Å²) in [7, 11) is 0. The van der Waals surface area contributed by atoms with Crippen molar-refractivity contribution in [2.75, 3.05) is 0 Å². The van der Waals surface area contributed by atoms with E-state index in [9.17, 15) is 18.0 Å². The normalized spacial score (nSPS) is 15.6. The van der Waals surface area contributed by atoms with E-state index in [2.05, 4.69) is 9.73 Å². The predicted molar refractivity (Wildman–Crippen MR) is 80.1 cm³/mol. The Hall–Kier alpha value is -3.09. The first-order chi connectivity index (χ1) is 11.5. The summed E-state index contributed by atoms with van der Waals surface area (Å²) in [5, 5.41) is 0. The highest BCUT2D eigenvalue weighted by atomic mass is 19.3. The first-order valence-electron chi connectivity index (χ1n) is 6.85. The number of cyclic esters (lactones) is 1. The van der Waals surface area contributed by atoms with Crippen molar-refractivity contribution >= 4 is 17.9 Å². The zero-order chi connectivity index (χ0) is 17.1. The monoisotopic (exact) mass is 333 g/mol. The number of para-hydroxylation sites is 1. The summed E-state index contributed by atoms with van der Waals surface area (Å²) in [4.78, 5) is 15.9. The SMILES string of the molecule is O=C1OC(c2cccc(F)c2)=NC1=Cc1ccccc1OC(F)F. The molecule has 0 fully saturated rings. The van der Waals surface area contributed by atoms with Crippen molar-refractivity contribution in [2.45, 2.75) is 6.61 Å². The smallest absolute Gasteiger partial charge is 0.387 e. The largest absolute Gasteiger partial charge is 0.434 e. The molecule has 0 unspecified atom stereocenters. The quantitative estimate of drug-likeness (QED) is 0.632. The summed E-state index contributed by atoms with van der Waals surface area (Å²) < 4.78 is 47.5. The van der Waals surface area contributed by atoms with E-state index in [1.807, 2.05) is 0 Å². The van der Waals surface area contributed by atoms with Gasteiger partial charge in [0.25, 0.3) is 0 Å². The van der Waals surface area contributed by atoms with Crippen molar-refractivity contribution < 1.29 is 27.4 Å². The maximum atomic E-state index is 13.2. The molecule has 0 atom stereocenters. The number of hydrogen-bond acceptors (Lipinski definition) is 4. The Bertz CT molecular complexity index is 846. The van der Waals surface area contributed by atoms with Crippen LogP contribution in [0, 0.1) is 5.82 Å². The van der Waals surface area contributed by atoms with E-state index in [-0.39, 0.29) is 22.9 Å². The van der Waals surface area contributed by atoms with Gasteiger partial charge in [-0.1, -0.05) is 24.3 Å². The molecular weight excluding hydrogens is 323 g/mol. The molecule has 0 bridgehead atoms. The molecule has 1 aliphatic rings. The molecular formula is C17H10F3NO3. The van der Waals surface area contributed by atoms with Gasteiger partial charge in [0.1, 0.15) is 11.6 Å². The summed E-state index contributed by atoms with van der Waals surface area (Å²) in [5.74, 6) is -1.42. The summed E-state index contributed by atoms with van der Waals surface area (Å²) in [5.41, 5.74) is 0.442. The molecule has 2 aromatic rings. The summed E-state index contributed by atoms with van der Waals surface area (Å²) in [6.45, 7) is -2.99. The van der Waals surface area contributed by atoms with Crippen molar-refractivity contribution in [3.8, 4) is 5.75 Å². The van der Waals surface area contributed by atoms with E-state index in [1.165, 1.54) is 48.5 Å². The Morgan fingerprint density at radius 1 is 1.12 bits per heavy atom. The maximum absolute atomic E-state index is 13.2. The Balaban J connectivity index is 1.95. The van der Waals surface area contributed by atoms with Crippen molar-refractivity contribution in [3.63, 3.8) is 0 Å². The first-order valence-corrected chi connectivity index (χ1v) is 6.85. The highest BCUT2D eigenvalue weighted by Gasteiger charge is 2.25. The Morgan fingerprint density at radius 3 is 2.67 bits per heavy atom. The van der Waals surface area contributed by atoms with Crippen molar-refractivity contribution in [1.29, 1.82) is 0 Å². The molecule has 0 N–H and O–H groups in total. The molecule has 1 heterocycles. The number of alkyl halides is 2. The van der Waals surface area contributed by atoms with E-state index < -0.39 is 18.4 Å². The van der Waals surface area contributed by atoms with Gasteiger partial charge in [0.05, 0.1) is 0 Å². The molecule has 0 radical (unpaired) electrons. The Labute approximate surface area is 134 Å². The molecule has 4 nitrogen and oxygen atoms in total. The van der Waals surface area contributed by atoms with Gasteiger partial charge in [-0.25, -0.2) is 14.2 Å². The van der Waals surface area contributed by atoms with Gasteiger partial charge in [0.2, 0.25) is 5.90 Å². The second-order valence-corrected chi connectivity index (χ2v) is 4.76. The second kappa shape index (κ2) is 6.57. The third-order valence-corrected chi connectivity index (χ3v) is 3.12. The van der Waals surface area contributed by atoms with Crippen LogP contribution in [0.1, 0.15) is 11.1 Å². The molecule has 0 aromatic heterocycles. The number of rotatable bonds is 4. The summed E-state index contributed by atoms with van der Waals surface area (Å²) in [6.07, 6.45) is 1.27. The lowest BCUT2D eigenvalue weighted by Crippen LogP contribution is -2.05. The topological polar surface area (TPSA) is 47.9 Å². The maximum Gasteiger partial charge on any atom is 0.387 e. The minimum atomic E-state index is -2.99. The van der Waals surface area contributed by atoms with E-state index >= 15 is 0 Å². The highest BCUT2D eigenvalue weighted by Crippen LogP contribution is 2.25. The number of hydrogen-bond donors (Lipinski definition) is 0. The van der Waals surface area contributed by atoms with E-state index in [0.717, 1.165) is 0 Å². The van der Waals surface area contributed by atoms with Gasteiger partial charge in [0.15, 0.2) is 5.70 Å². The van der Waals surface area contributed by atoms with Crippen LogP contribution >= 0.6 is 0 Å². The molecule has 1 aliphatic heterocycles. The first kappa shape index (κ1) is 15.8. The fourth-order valence-electron chi connectivity index (χ4n) is 2.10. The van der Waals surface area contributed by atoms with Crippen LogP contribution in [-0.2, 0) is 9.53 Å². The molecule has 122 valence electrons. The van der Waals surface area contributed by atoms with Crippen LogP contribution in [0.3, 0.4) is 0 Å². The van der Waals surface area contributed by atoms with E-state index in [0.29, 0.717) is 5.56 Å². The van der Waals surface area contributed by atoms with E-state index in [4.69, 9.17) is 4.74 Å². The van der Waals surface area contributed by atoms with Crippen LogP contribution in [0.25, 0.3) is 6.08 Å². The molecule has 24 heavy (non-hydrogen) atoms. The molecule has 7 heteroatoms. The molecule has 0 amide bonds. The van der Waals surface area contributed by atoms with Gasteiger partial charge < -0.3 is 9.47 Å². The minimum absolute atomic E-state index is 0.0574. The van der Waals surface area contributed by atoms with Crippen LogP contribution in [0.4, 0.5) is 13.2 Å². The number of halogens is 3. The van der Waals surface area contributed by atoms with Gasteiger partial charge in [-0.2, -0.15) is 8.78 Å². The number of benzene rings is 2. The number of nitrogens with zero attached hydrogens (tertiary/aromatic N) is 1. The zero-order valence-corrected chi connectivity index (χ0v) is 12.1. The van der Waals surface area contributed by atoms with Crippen molar-refractivity contribution in [3.05, 3.63) is 71.2 Å². The molecule has 0 saturated carbocycles. The lowest BCUT2D eigenvalue weighted by atomic mass is 10.1. The third-order valence-electron chi connectivity index (χ3n) is 3.12. The van der Waals surface area contributed by atoms with Gasteiger partial charge in [-0.3, -0.25) is 0 Å².